The van der Waals surface area contributed by atoms with Crippen LogP contribution < -0.4 is 37.6 Å². The quantitative estimate of drug-likeness (QED) is 0.154. The molecule has 0 bridgehead atoms. The average molecular weight is 682 g/mol. The maximum Gasteiger partial charge on any atom is 0.271 e. The summed E-state index contributed by atoms with van der Waals surface area (Å²) >= 11 is 0. The van der Waals surface area contributed by atoms with Crippen LogP contribution in [0.2, 0.25) is 0 Å². The Morgan fingerprint density at radius 3 is 2.02 bits per heavy atom. The van der Waals surface area contributed by atoms with Gasteiger partial charge >= 0.3 is 0 Å². The van der Waals surface area contributed by atoms with E-state index in [9.17, 15) is 33.6 Å². The zero-order valence-corrected chi connectivity index (χ0v) is 27.6. The Balaban J connectivity index is 1.53. The highest BCUT2D eigenvalue weighted by molar-refractivity contribution is 6.00. The van der Waals surface area contributed by atoms with Gasteiger partial charge in [-0.2, -0.15) is 0 Å². The van der Waals surface area contributed by atoms with Crippen LogP contribution in [0.3, 0.4) is 0 Å². The van der Waals surface area contributed by atoms with E-state index in [1.807, 2.05) is 0 Å². The topological polar surface area (TPSA) is 243 Å². The van der Waals surface area contributed by atoms with Crippen LogP contribution in [0.1, 0.15) is 87.5 Å². The van der Waals surface area contributed by atoms with Crippen molar-refractivity contribution in [2.45, 2.75) is 101 Å². The minimum atomic E-state index is -1.16. The Bertz CT molecular complexity index is 1380. The molecule has 0 saturated heterocycles. The van der Waals surface area contributed by atoms with Crippen LogP contribution in [0.15, 0.2) is 30.7 Å². The SMILES string of the molecule is NC(=O)[C@@H]1CCNC(=O)[C@H](CCCNC(=O)c2cnccn2)NC(=O)[C@H](CC2CCCCC2)NC(=O)[C@H](CC2CC2)NC(=O)/C=C\C(=O)N1. The van der Waals surface area contributed by atoms with E-state index in [1.165, 1.54) is 18.6 Å². The molecule has 3 aliphatic rings. The minimum absolute atomic E-state index is 0.0501. The van der Waals surface area contributed by atoms with E-state index in [0.29, 0.717) is 19.3 Å². The highest BCUT2D eigenvalue weighted by Crippen LogP contribution is 2.34. The zero-order chi connectivity index (χ0) is 35.2. The molecular formula is C33H47N9O7. The Labute approximate surface area is 285 Å². The number of aromatic nitrogens is 2. The van der Waals surface area contributed by atoms with Crippen molar-refractivity contribution >= 4 is 41.4 Å². The maximum atomic E-state index is 13.9. The highest BCUT2D eigenvalue weighted by Gasteiger charge is 2.34. The van der Waals surface area contributed by atoms with Crippen molar-refractivity contribution in [1.82, 2.24) is 41.9 Å². The van der Waals surface area contributed by atoms with Crippen LogP contribution >= 0.6 is 0 Å². The second kappa shape index (κ2) is 18.6. The predicted molar refractivity (Wildman–Crippen MR) is 176 cm³/mol. The summed E-state index contributed by atoms with van der Waals surface area (Å²) in [5.74, 6) is -3.91. The van der Waals surface area contributed by atoms with Gasteiger partial charge in [0.15, 0.2) is 0 Å². The number of nitrogens with one attached hydrogen (secondary N) is 6. The molecule has 16 heteroatoms. The van der Waals surface area contributed by atoms with E-state index in [0.717, 1.165) is 57.1 Å². The molecule has 4 rings (SSSR count). The fourth-order valence-corrected chi connectivity index (χ4v) is 6.07. The number of nitrogens with two attached hydrogens (primary N) is 1. The van der Waals surface area contributed by atoms with Gasteiger partial charge in [0.25, 0.3) is 5.91 Å². The van der Waals surface area contributed by atoms with Crippen LogP contribution in [0.4, 0.5) is 0 Å². The van der Waals surface area contributed by atoms with Crippen molar-refractivity contribution in [2.75, 3.05) is 13.1 Å². The molecule has 16 nitrogen and oxygen atoms in total. The lowest BCUT2D eigenvalue weighted by atomic mass is 9.84. The number of rotatable bonds is 10. The summed E-state index contributed by atoms with van der Waals surface area (Å²) in [5.41, 5.74) is 5.60. The first-order valence-electron chi connectivity index (χ1n) is 17.1. The number of carbonyl (C=O) groups is 7. The Morgan fingerprint density at radius 2 is 1.39 bits per heavy atom. The van der Waals surface area contributed by atoms with Crippen LogP contribution in [0.25, 0.3) is 0 Å². The number of primary amides is 1. The van der Waals surface area contributed by atoms with Crippen molar-refractivity contribution in [2.24, 2.45) is 17.6 Å². The lowest BCUT2D eigenvalue weighted by molar-refractivity contribution is -0.134. The Morgan fingerprint density at radius 1 is 0.755 bits per heavy atom. The third-order valence-electron chi connectivity index (χ3n) is 8.99. The van der Waals surface area contributed by atoms with Crippen molar-refractivity contribution in [1.29, 1.82) is 0 Å². The van der Waals surface area contributed by atoms with Gasteiger partial charge in [-0.05, 0) is 43.9 Å². The Hall–Kier alpha value is -4.89. The van der Waals surface area contributed by atoms with Crippen LogP contribution in [-0.4, -0.2) is 88.6 Å². The number of nitrogens with zero attached hydrogens (tertiary/aromatic N) is 2. The van der Waals surface area contributed by atoms with E-state index in [2.05, 4.69) is 41.9 Å². The van der Waals surface area contributed by atoms with Gasteiger partial charge in [0.2, 0.25) is 35.4 Å². The number of hydrogen-bond acceptors (Lipinski definition) is 9. The average Bonchev–Trinajstić information content (AvgIpc) is 3.92. The summed E-state index contributed by atoms with van der Waals surface area (Å²) in [4.78, 5) is 98.6. The van der Waals surface area contributed by atoms with E-state index >= 15 is 0 Å². The molecule has 1 aromatic rings. The predicted octanol–water partition coefficient (Wildman–Crippen LogP) is -0.742. The fraction of sp³-hybridized carbons (Fsp3) is 0.606. The van der Waals surface area contributed by atoms with Gasteiger partial charge in [-0.3, -0.25) is 38.5 Å². The van der Waals surface area contributed by atoms with E-state index in [-0.39, 0.29) is 43.5 Å². The van der Waals surface area contributed by atoms with Gasteiger partial charge in [-0.15, -0.1) is 0 Å². The second-order valence-corrected chi connectivity index (χ2v) is 13.0. The summed E-state index contributed by atoms with van der Waals surface area (Å²) < 4.78 is 0. The second-order valence-electron chi connectivity index (χ2n) is 13.0. The first kappa shape index (κ1) is 36.9. The first-order chi connectivity index (χ1) is 23.6. The summed E-state index contributed by atoms with van der Waals surface area (Å²) in [5, 5.41) is 16.2. The summed E-state index contributed by atoms with van der Waals surface area (Å²) in [7, 11) is 0. The van der Waals surface area contributed by atoms with Gasteiger partial charge in [0.1, 0.15) is 29.9 Å². The molecule has 2 heterocycles. The van der Waals surface area contributed by atoms with E-state index in [4.69, 9.17) is 5.73 Å². The molecule has 7 amide bonds. The van der Waals surface area contributed by atoms with Crippen molar-refractivity contribution < 1.29 is 33.6 Å². The third kappa shape index (κ3) is 12.6. The molecular weight excluding hydrogens is 634 g/mol. The van der Waals surface area contributed by atoms with Gasteiger partial charge < -0.3 is 37.6 Å². The molecule has 0 radical (unpaired) electrons. The van der Waals surface area contributed by atoms with Crippen molar-refractivity contribution in [3.63, 3.8) is 0 Å². The zero-order valence-electron chi connectivity index (χ0n) is 27.6. The molecule has 2 fully saturated rings. The normalized spacial score (nSPS) is 25.7. The van der Waals surface area contributed by atoms with Gasteiger partial charge in [-0.1, -0.05) is 44.9 Å². The molecule has 8 N–H and O–H groups in total. The lowest BCUT2D eigenvalue weighted by Gasteiger charge is -2.29. The minimum Gasteiger partial charge on any atom is -0.368 e. The van der Waals surface area contributed by atoms with Gasteiger partial charge in [0.05, 0.1) is 6.20 Å². The first-order valence-corrected chi connectivity index (χ1v) is 17.1. The molecule has 4 atom stereocenters. The van der Waals surface area contributed by atoms with Crippen LogP contribution in [-0.2, 0) is 28.8 Å². The van der Waals surface area contributed by atoms with E-state index in [1.54, 1.807) is 0 Å². The maximum absolute atomic E-state index is 13.9. The van der Waals surface area contributed by atoms with Crippen LogP contribution in [0.5, 0.6) is 0 Å². The molecule has 0 spiro atoms. The number of carbonyl (C=O) groups excluding carboxylic acids is 7. The molecule has 1 aromatic heterocycles. The van der Waals surface area contributed by atoms with Crippen molar-refractivity contribution in [3.05, 3.63) is 36.4 Å². The monoisotopic (exact) mass is 681 g/mol. The largest absolute Gasteiger partial charge is 0.368 e. The molecule has 0 unspecified atom stereocenters. The molecule has 266 valence electrons. The summed E-state index contributed by atoms with van der Waals surface area (Å²) in [6.45, 7) is 0.0981. The van der Waals surface area contributed by atoms with Gasteiger partial charge in [-0.25, -0.2) is 4.98 Å². The van der Waals surface area contributed by atoms with E-state index < -0.39 is 65.5 Å². The van der Waals surface area contributed by atoms with Crippen LogP contribution in [0, 0.1) is 11.8 Å². The number of hydrogen-bond donors (Lipinski definition) is 7. The molecule has 1 aliphatic heterocycles. The van der Waals surface area contributed by atoms with Gasteiger partial charge in [0, 0.05) is 37.6 Å². The standard InChI is InChI=1S/C33H47N9O7/c34-29(45)22-12-14-38-30(46)23(7-4-13-37-31(47)26-19-35-15-16-36-26)41-33(49)25(17-20-5-2-1-3-6-20)42-32(48)24(18-21-8-9-21)40-28(44)11-10-27(43)39-22/h10-11,15-16,19-25H,1-9,12-14,17-18H2,(H2,34,45)(H,37,47)(H,38,46)(H,39,43)(H,40,44)(H,41,49)(H,42,48)/b11-10-/t22-,23-,24-,25-/m0/s1. The Kier molecular flexibility index (Phi) is 14.0. The molecule has 0 aromatic carbocycles. The summed E-state index contributed by atoms with van der Waals surface area (Å²) in [6.07, 6.45) is 14.0. The number of amides is 7. The summed E-state index contributed by atoms with van der Waals surface area (Å²) in [6, 6.07) is -4.14. The fourth-order valence-electron chi connectivity index (χ4n) is 6.07. The van der Waals surface area contributed by atoms with Crippen molar-refractivity contribution in [3.8, 4) is 0 Å². The highest BCUT2D eigenvalue weighted by atomic mass is 16.2. The lowest BCUT2D eigenvalue weighted by Crippen LogP contribution is -2.57. The third-order valence-corrected chi connectivity index (χ3v) is 8.99. The molecule has 49 heavy (non-hydrogen) atoms. The molecule has 2 aliphatic carbocycles. The molecule has 2 saturated carbocycles. The smallest absolute Gasteiger partial charge is 0.271 e.